The highest BCUT2D eigenvalue weighted by Crippen LogP contribution is 2.39. The van der Waals surface area contributed by atoms with Gasteiger partial charge in [-0.1, -0.05) is 24.5 Å². The first-order valence-electron chi connectivity index (χ1n) is 12.1. The maximum Gasteiger partial charge on any atom is 0.258 e. The van der Waals surface area contributed by atoms with E-state index in [0.29, 0.717) is 24.5 Å². The SMILES string of the molecule is Cc1cc(C)c(-c2cc(N3CCOCC3)c3nccn3c2)cc1NC(=O)c1cnn(C(C)C(F)(P)P)c1. The summed E-state index contributed by atoms with van der Waals surface area (Å²) in [6.45, 7) is 8.73. The van der Waals surface area contributed by atoms with Crippen LogP contribution in [0.4, 0.5) is 15.8 Å². The lowest BCUT2D eigenvalue weighted by atomic mass is 9.97. The van der Waals surface area contributed by atoms with Gasteiger partial charge in [-0.3, -0.25) is 9.48 Å². The monoisotopic (exact) mass is 540 g/mol. The number of rotatable bonds is 6. The number of morpholine rings is 1. The topological polar surface area (TPSA) is 76.7 Å². The van der Waals surface area contributed by atoms with Gasteiger partial charge in [-0.25, -0.2) is 9.37 Å². The van der Waals surface area contributed by atoms with Crippen molar-refractivity contribution in [3.63, 3.8) is 0 Å². The highest BCUT2D eigenvalue weighted by Gasteiger charge is 2.28. The van der Waals surface area contributed by atoms with Crippen LogP contribution in [-0.4, -0.2) is 56.5 Å². The van der Waals surface area contributed by atoms with Crippen molar-refractivity contribution in [3.8, 4) is 11.1 Å². The van der Waals surface area contributed by atoms with Crippen molar-refractivity contribution in [2.24, 2.45) is 0 Å². The number of amides is 1. The number of benzene rings is 1. The number of alkyl halides is 1. The number of carbonyl (C=O) groups excluding carboxylic acids is 1. The van der Waals surface area contributed by atoms with Gasteiger partial charge in [0, 0.05) is 49.1 Å². The lowest BCUT2D eigenvalue weighted by Gasteiger charge is -2.29. The molecule has 1 aromatic carbocycles. The van der Waals surface area contributed by atoms with E-state index in [0.717, 1.165) is 46.7 Å². The molecule has 0 bridgehead atoms. The zero-order valence-corrected chi connectivity index (χ0v) is 23.4. The largest absolute Gasteiger partial charge is 0.378 e. The van der Waals surface area contributed by atoms with Gasteiger partial charge in [0.2, 0.25) is 0 Å². The molecule has 4 aromatic rings. The predicted octanol–water partition coefficient (Wildman–Crippen LogP) is 4.84. The third kappa shape index (κ3) is 5.26. The van der Waals surface area contributed by atoms with Gasteiger partial charge in [-0.05, 0) is 49.6 Å². The van der Waals surface area contributed by atoms with Crippen molar-refractivity contribution in [1.29, 1.82) is 0 Å². The molecule has 1 amide bonds. The van der Waals surface area contributed by atoms with Gasteiger partial charge in [0.1, 0.15) is 0 Å². The molecule has 0 spiro atoms. The smallest absolute Gasteiger partial charge is 0.258 e. The fourth-order valence-electron chi connectivity index (χ4n) is 4.56. The standard InChI is InChI=1S/C26H31FN6O2P2/c1-16-10-17(2)22(30-25(34)20-13-29-33(15-20)18(3)26(27,36)37)12-21(16)19-11-23(31-6-8-35-9-7-31)24-28-4-5-32(24)14-19/h4-5,10-15,18H,6-9,36-37H2,1-3H3,(H,30,34). The molecule has 0 radical (unpaired) electrons. The molecule has 8 nitrogen and oxygen atoms in total. The Kier molecular flexibility index (Phi) is 7.06. The minimum Gasteiger partial charge on any atom is -0.378 e. The molecule has 3 unspecified atom stereocenters. The van der Waals surface area contributed by atoms with E-state index < -0.39 is 11.2 Å². The fourth-order valence-corrected chi connectivity index (χ4v) is 4.87. The number of nitrogens with zero attached hydrogens (tertiary/aromatic N) is 5. The number of aromatic nitrogens is 4. The zero-order chi connectivity index (χ0) is 26.3. The molecule has 1 fully saturated rings. The maximum atomic E-state index is 14.3. The highest BCUT2D eigenvalue weighted by molar-refractivity contribution is 7.39. The zero-order valence-electron chi connectivity index (χ0n) is 21.1. The van der Waals surface area contributed by atoms with Gasteiger partial charge in [-0.15, -0.1) is 0 Å². The molecular formula is C26H31FN6O2P2. The minimum absolute atomic E-state index is 0.299. The van der Waals surface area contributed by atoms with Crippen LogP contribution in [0.3, 0.4) is 0 Å². The minimum atomic E-state index is -1.63. The molecule has 3 atom stereocenters. The van der Waals surface area contributed by atoms with Crippen LogP contribution in [0.15, 0.2) is 49.2 Å². The molecule has 11 heteroatoms. The van der Waals surface area contributed by atoms with Gasteiger partial charge in [0.15, 0.2) is 10.8 Å². The average Bonchev–Trinajstić information content (AvgIpc) is 3.54. The molecular weight excluding hydrogens is 509 g/mol. The van der Waals surface area contributed by atoms with E-state index in [1.807, 2.05) is 23.6 Å². The van der Waals surface area contributed by atoms with Gasteiger partial charge in [-0.2, -0.15) is 5.10 Å². The van der Waals surface area contributed by atoms with Crippen LogP contribution in [0.25, 0.3) is 16.8 Å². The second kappa shape index (κ2) is 10.1. The molecule has 1 N–H and O–H groups in total. The normalized spacial score (nSPS) is 15.2. The summed E-state index contributed by atoms with van der Waals surface area (Å²) in [6, 6.07) is 5.67. The second-order valence-corrected chi connectivity index (χ2v) is 12.0. The molecule has 194 valence electrons. The van der Waals surface area contributed by atoms with E-state index in [2.05, 4.69) is 64.0 Å². The van der Waals surface area contributed by atoms with Crippen molar-refractivity contribution in [2.45, 2.75) is 32.0 Å². The Morgan fingerprint density at radius 3 is 2.65 bits per heavy atom. The number of carbonyl (C=O) groups is 1. The van der Waals surface area contributed by atoms with Crippen LogP contribution < -0.4 is 10.2 Å². The Hall–Kier alpha value is -2.86. The number of fused-ring (bicyclic) bond motifs is 1. The van der Waals surface area contributed by atoms with E-state index in [1.54, 1.807) is 19.3 Å². The second-order valence-electron chi connectivity index (χ2n) is 9.52. The molecule has 1 aliphatic rings. The first-order chi connectivity index (χ1) is 17.6. The van der Waals surface area contributed by atoms with Crippen molar-refractivity contribution >= 4 is 41.4 Å². The number of anilines is 2. The summed E-state index contributed by atoms with van der Waals surface area (Å²) in [7, 11) is 4.29. The number of nitrogens with one attached hydrogen (secondary N) is 1. The van der Waals surface area contributed by atoms with Crippen molar-refractivity contribution in [1.82, 2.24) is 19.2 Å². The molecule has 1 aliphatic heterocycles. The molecule has 4 heterocycles. The Morgan fingerprint density at radius 1 is 1.16 bits per heavy atom. The number of pyridine rings is 1. The van der Waals surface area contributed by atoms with Crippen LogP contribution >= 0.6 is 18.5 Å². The quantitative estimate of drug-likeness (QED) is 0.355. The molecule has 37 heavy (non-hydrogen) atoms. The Bertz CT molecular complexity index is 1460. The summed E-state index contributed by atoms with van der Waals surface area (Å²) in [5.74, 6) is -0.299. The first kappa shape index (κ1) is 25.8. The van der Waals surface area contributed by atoms with Gasteiger partial charge < -0.3 is 19.4 Å². The summed E-state index contributed by atoms with van der Waals surface area (Å²) >= 11 is 0. The lowest BCUT2D eigenvalue weighted by Crippen LogP contribution is -2.36. The van der Waals surface area contributed by atoms with Gasteiger partial charge in [0.05, 0.1) is 36.7 Å². The number of ether oxygens (including phenoxy) is 1. The van der Waals surface area contributed by atoms with Gasteiger partial charge in [0.25, 0.3) is 5.91 Å². The van der Waals surface area contributed by atoms with Crippen molar-refractivity contribution < 1.29 is 13.9 Å². The number of imidazole rings is 1. The van der Waals surface area contributed by atoms with E-state index in [1.165, 1.54) is 10.9 Å². The summed E-state index contributed by atoms with van der Waals surface area (Å²) in [4.78, 5) is 20.0. The Labute approximate surface area is 220 Å². The van der Waals surface area contributed by atoms with Crippen LogP contribution in [0.1, 0.15) is 34.5 Å². The van der Waals surface area contributed by atoms with E-state index in [9.17, 15) is 9.18 Å². The molecule has 0 saturated carbocycles. The molecule has 5 rings (SSSR count). The number of halogens is 1. The number of aryl methyl sites for hydroxylation is 2. The first-order valence-corrected chi connectivity index (χ1v) is 13.3. The highest BCUT2D eigenvalue weighted by atomic mass is 31.1. The molecule has 1 saturated heterocycles. The summed E-state index contributed by atoms with van der Waals surface area (Å²) < 4.78 is 23.3. The van der Waals surface area contributed by atoms with E-state index in [-0.39, 0.29) is 5.91 Å². The number of hydrogen-bond donors (Lipinski definition) is 1. The average molecular weight is 541 g/mol. The van der Waals surface area contributed by atoms with Gasteiger partial charge >= 0.3 is 0 Å². The summed E-state index contributed by atoms with van der Waals surface area (Å²) in [6.07, 6.45) is 8.84. The fraction of sp³-hybridized carbons (Fsp3) is 0.346. The Morgan fingerprint density at radius 2 is 1.92 bits per heavy atom. The summed E-state index contributed by atoms with van der Waals surface area (Å²) in [5.41, 5.74) is 7.14. The summed E-state index contributed by atoms with van der Waals surface area (Å²) in [5, 5.41) is 5.59. The van der Waals surface area contributed by atoms with E-state index >= 15 is 0 Å². The number of hydrogen-bond acceptors (Lipinski definition) is 5. The van der Waals surface area contributed by atoms with Crippen LogP contribution in [0.2, 0.25) is 0 Å². The maximum absolute atomic E-state index is 14.3. The third-order valence-electron chi connectivity index (χ3n) is 6.85. The van der Waals surface area contributed by atoms with Crippen LogP contribution in [0.5, 0.6) is 0 Å². The van der Waals surface area contributed by atoms with Crippen LogP contribution in [-0.2, 0) is 4.74 Å². The van der Waals surface area contributed by atoms with Crippen LogP contribution in [0, 0.1) is 13.8 Å². The third-order valence-corrected chi connectivity index (χ3v) is 7.82. The Balaban J connectivity index is 1.47. The predicted molar refractivity (Wildman–Crippen MR) is 151 cm³/mol. The molecule has 3 aromatic heterocycles. The lowest BCUT2D eigenvalue weighted by molar-refractivity contribution is 0.102. The van der Waals surface area contributed by atoms with Crippen molar-refractivity contribution in [2.75, 3.05) is 36.5 Å². The van der Waals surface area contributed by atoms with Crippen molar-refractivity contribution in [3.05, 3.63) is 65.9 Å². The molecule has 0 aliphatic carbocycles. The van der Waals surface area contributed by atoms with E-state index in [4.69, 9.17) is 4.74 Å².